The SMILES string of the molecule is CNCCOCCOCCOCCOCCOCCOCCOCCOCCOCCOC(C)C. The van der Waals surface area contributed by atoms with Crippen molar-refractivity contribution in [2.45, 2.75) is 20.0 Å². The molecule has 0 radical (unpaired) electrons. The van der Waals surface area contributed by atoms with Gasteiger partial charge in [-0.3, -0.25) is 0 Å². The summed E-state index contributed by atoms with van der Waals surface area (Å²) in [5.41, 5.74) is 0. The summed E-state index contributed by atoms with van der Waals surface area (Å²) < 4.78 is 54.2. The second kappa shape index (κ2) is 31.6. The molecule has 0 saturated carbocycles. The van der Waals surface area contributed by atoms with E-state index in [2.05, 4.69) is 5.32 Å². The summed E-state index contributed by atoms with van der Waals surface area (Å²) in [7, 11) is 1.90. The molecule has 1 N–H and O–H groups in total. The summed E-state index contributed by atoms with van der Waals surface area (Å²) in [5.74, 6) is 0. The molecule has 0 unspecified atom stereocenters. The van der Waals surface area contributed by atoms with Crippen molar-refractivity contribution >= 4 is 0 Å². The van der Waals surface area contributed by atoms with Crippen LogP contribution in [0.15, 0.2) is 0 Å². The van der Waals surface area contributed by atoms with Crippen LogP contribution in [-0.4, -0.2) is 145 Å². The van der Waals surface area contributed by atoms with E-state index in [0.29, 0.717) is 126 Å². The van der Waals surface area contributed by atoms with Crippen molar-refractivity contribution in [1.82, 2.24) is 5.32 Å². The molecule has 0 saturated heterocycles. The quantitative estimate of drug-likeness (QED) is 0.133. The second-order valence-corrected chi connectivity index (χ2v) is 7.53. The van der Waals surface area contributed by atoms with Gasteiger partial charge in [-0.25, -0.2) is 0 Å². The van der Waals surface area contributed by atoms with E-state index < -0.39 is 0 Å². The molecule has 0 aromatic carbocycles. The minimum Gasteiger partial charge on any atom is -0.378 e. The highest BCUT2D eigenvalue weighted by molar-refractivity contribution is 4.40. The third-order valence-electron chi connectivity index (χ3n) is 4.15. The van der Waals surface area contributed by atoms with E-state index in [1.54, 1.807) is 0 Å². The molecule has 0 spiro atoms. The first-order valence-electron chi connectivity index (χ1n) is 12.7. The van der Waals surface area contributed by atoms with Gasteiger partial charge in [-0.2, -0.15) is 0 Å². The Bertz CT molecular complexity index is 380. The molecular weight excluding hydrogens is 462 g/mol. The lowest BCUT2D eigenvalue weighted by atomic mass is 10.5. The van der Waals surface area contributed by atoms with Crippen molar-refractivity contribution in [2.75, 3.05) is 139 Å². The Labute approximate surface area is 212 Å². The van der Waals surface area contributed by atoms with Crippen LogP contribution in [0.2, 0.25) is 0 Å². The predicted octanol–water partition coefficient (Wildman–Crippen LogP) is 0.780. The number of likely N-dealkylation sites (N-methyl/N-ethyl adjacent to an activating group) is 1. The molecule has 0 bridgehead atoms. The van der Waals surface area contributed by atoms with Crippen LogP contribution in [0.1, 0.15) is 13.8 Å². The van der Waals surface area contributed by atoms with Crippen LogP contribution in [-0.2, 0) is 47.4 Å². The van der Waals surface area contributed by atoms with Crippen LogP contribution in [0.5, 0.6) is 0 Å². The summed E-state index contributed by atoms with van der Waals surface area (Å²) >= 11 is 0. The first kappa shape index (κ1) is 34.6. The van der Waals surface area contributed by atoms with E-state index in [4.69, 9.17) is 47.4 Å². The van der Waals surface area contributed by atoms with Crippen molar-refractivity contribution in [1.29, 1.82) is 0 Å². The van der Waals surface area contributed by atoms with Gasteiger partial charge in [0.25, 0.3) is 0 Å². The maximum absolute atomic E-state index is 5.45. The first-order valence-corrected chi connectivity index (χ1v) is 12.7. The third kappa shape index (κ3) is 33.6. The lowest BCUT2D eigenvalue weighted by Gasteiger charge is -2.09. The molecule has 0 amide bonds. The van der Waals surface area contributed by atoms with Gasteiger partial charge in [-0.15, -0.1) is 0 Å². The van der Waals surface area contributed by atoms with Crippen LogP contribution in [0, 0.1) is 0 Å². The van der Waals surface area contributed by atoms with Gasteiger partial charge in [-0.05, 0) is 20.9 Å². The van der Waals surface area contributed by atoms with Crippen molar-refractivity contribution in [2.24, 2.45) is 0 Å². The Hall–Kier alpha value is -0.440. The Morgan fingerprint density at radius 1 is 0.371 bits per heavy atom. The Kier molecular flexibility index (Phi) is 31.2. The standard InChI is InChI=1S/C24H51NO10/c1-24(2)35-23-22-34-21-20-33-19-18-32-17-16-31-15-14-30-13-12-29-11-10-28-9-8-27-7-6-26-5-4-25-3/h24-25H,4-23H2,1-3H3. The molecule has 0 aromatic rings. The second-order valence-electron chi connectivity index (χ2n) is 7.53. The van der Waals surface area contributed by atoms with Gasteiger partial charge in [0.15, 0.2) is 0 Å². The molecule has 11 heteroatoms. The highest BCUT2D eigenvalue weighted by Crippen LogP contribution is 1.88. The molecule has 35 heavy (non-hydrogen) atoms. The van der Waals surface area contributed by atoms with Crippen LogP contribution in [0.3, 0.4) is 0 Å². The zero-order valence-electron chi connectivity index (χ0n) is 22.3. The molecule has 0 aromatic heterocycles. The van der Waals surface area contributed by atoms with Crippen molar-refractivity contribution in [3.05, 3.63) is 0 Å². The maximum atomic E-state index is 5.45. The molecule has 0 aliphatic heterocycles. The van der Waals surface area contributed by atoms with Crippen LogP contribution in [0.25, 0.3) is 0 Å². The topological polar surface area (TPSA) is 104 Å². The summed E-state index contributed by atoms with van der Waals surface area (Å²) in [4.78, 5) is 0. The summed E-state index contributed by atoms with van der Waals surface area (Å²) in [6.07, 6.45) is 0.237. The molecule has 0 aliphatic carbocycles. The average Bonchev–Trinajstić information content (AvgIpc) is 2.85. The molecule has 0 heterocycles. The van der Waals surface area contributed by atoms with Gasteiger partial charge >= 0.3 is 0 Å². The molecule has 0 rings (SSSR count). The molecule has 0 fully saturated rings. The normalized spacial score (nSPS) is 11.7. The maximum Gasteiger partial charge on any atom is 0.0703 e. The first-order chi connectivity index (χ1) is 17.3. The van der Waals surface area contributed by atoms with E-state index in [0.717, 1.165) is 6.54 Å². The number of nitrogens with one attached hydrogen (secondary N) is 1. The summed E-state index contributed by atoms with van der Waals surface area (Å²) in [5, 5.41) is 3.02. The van der Waals surface area contributed by atoms with E-state index in [9.17, 15) is 0 Å². The smallest absolute Gasteiger partial charge is 0.0703 e. The number of hydrogen-bond donors (Lipinski definition) is 1. The van der Waals surface area contributed by atoms with Gasteiger partial charge in [-0.1, -0.05) is 0 Å². The Balaban J connectivity index is 3.01. The van der Waals surface area contributed by atoms with Crippen molar-refractivity contribution in [3.63, 3.8) is 0 Å². The largest absolute Gasteiger partial charge is 0.378 e. The molecular formula is C24H51NO10. The zero-order valence-corrected chi connectivity index (χ0v) is 22.3. The fourth-order valence-corrected chi connectivity index (χ4v) is 2.38. The van der Waals surface area contributed by atoms with Gasteiger partial charge in [0.2, 0.25) is 0 Å². The van der Waals surface area contributed by atoms with Gasteiger partial charge < -0.3 is 52.7 Å². The fourth-order valence-electron chi connectivity index (χ4n) is 2.38. The number of ether oxygens (including phenoxy) is 10. The monoisotopic (exact) mass is 513 g/mol. The third-order valence-corrected chi connectivity index (χ3v) is 4.15. The average molecular weight is 514 g/mol. The predicted molar refractivity (Wildman–Crippen MR) is 132 cm³/mol. The Morgan fingerprint density at radius 3 is 0.829 bits per heavy atom. The molecule has 11 nitrogen and oxygen atoms in total. The van der Waals surface area contributed by atoms with Crippen molar-refractivity contribution in [3.8, 4) is 0 Å². The lowest BCUT2D eigenvalue weighted by molar-refractivity contribution is -0.0278. The fraction of sp³-hybridized carbons (Fsp3) is 1.00. The van der Waals surface area contributed by atoms with E-state index in [1.165, 1.54) is 0 Å². The van der Waals surface area contributed by atoms with E-state index in [-0.39, 0.29) is 6.10 Å². The number of rotatable bonds is 31. The van der Waals surface area contributed by atoms with Gasteiger partial charge in [0.1, 0.15) is 0 Å². The highest BCUT2D eigenvalue weighted by Gasteiger charge is 1.96. The van der Waals surface area contributed by atoms with Crippen LogP contribution in [0.4, 0.5) is 0 Å². The van der Waals surface area contributed by atoms with Crippen molar-refractivity contribution < 1.29 is 47.4 Å². The lowest BCUT2D eigenvalue weighted by Crippen LogP contribution is -2.17. The minimum atomic E-state index is 0.237. The zero-order chi connectivity index (χ0) is 25.5. The molecule has 0 aliphatic rings. The van der Waals surface area contributed by atoms with Gasteiger partial charge in [0.05, 0.1) is 132 Å². The minimum absolute atomic E-state index is 0.237. The molecule has 212 valence electrons. The van der Waals surface area contributed by atoms with E-state index >= 15 is 0 Å². The van der Waals surface area contributed by atoms with E-state index in [1.807, 2.05) is 20.9 Å². The number of hydrogen-bond acceptors (Lipinski definition) is 11. The Morgan fingerprint density at radius 2 is 0.600 bits per heavy atom. The van der Waals surface area contributed by atoms with Crippen LogP contribution < -0.4 is 5.32 Å². The highest BCUT2D eigenvalue weighted by atomic mass is 16.6. The summed E-state index contributed by atoms with van der Waals surface area (Å²) in [6.45, 7) is 15.5. The van der Waals surface area contributed by atoms with Crippen LogP contribution >= 0.6 is 0 Å². The molecule has 0 atom stereocenters. The summed E-state index contributed by atoms with van der Waals surface area (Å²) in [6, 6.07) is 0. The van der Waals surface area contributed by atoms with Gasteiger partial charge in [0, 0.05) is 6.54 Å².